The van der Waals surface area contributed by atoms with Crippen LogP contribution in [0.15, 0.2) is 42.7 Å². The van der Waals surface area contributed by atoms with Crippen molar-refractivity contribution in [2.24, 2.45) is 0 Å². The molecule has 0 spiro atoms. The molecule has 0 aliphatic carbocycles. The van der Waals surface area contributed by atoms with E-state index in [0.717, 1.165) is 6.07 Å². The van der Waals surface area contributed by atoms with Crippen molar-refractivity contribution in [3.63, 3.8) is 0 Å². The minimum Gasteiger partial charge on any atom is -0.462 e. The summed E-state index contributed by atoms with van der Waals surface area (Å²) in [6.45, 7) is 1.90. The molecule has 0 bridgehead atoms. The molecule has 0 saturated heterocycles. The number of hydrogen-bond donors (Lipinski definition) is 1. The number of pyridine rings is 1. The van der Waals surface area contributed by atoms with Gasteiger partial charge in [-0.2, -0.15) is 5.10 Å². The lowest BCUT2D eigenvalue weighted by Crippen LogP contribution is -2.14. The van der Waals surface area contributed by atoms with Gasteiger partial charge >= 0.3 is 5.97 Å². The number of benzene rings is 1. The van der Waals surface area contributed by atoms with Gasteiger partial charge in [0, 0.05) is 23.0 Å². The van der Waals surface area contributed by atoms with Crippen LogP contribution >= 0.6 is 11.6 Å². The van der Waals surface area contributed by atoms with E-state index >= 15 is 0 Å². The minimum atomic E-state index is -0.703. The Balaban J connectivity index is 1.94. The van der Waals surface area contributed by atoms with Crippen molar-refractivity contribution in [1.29, 1.82) is 0 Å². The maximum Gasteiger partial charge on any atom is 0.341 e. The van der Waals surface area contributed by atoms with Crippen LogP contribution in [0.1, 0.15) is 27.6 Å². The molecule has 2 aromatic heterocycles. The zero-order valence-corrected chi connectivity index (χ0v) is 14.8. The summed E-state index contributed by atoms with van der Waals surface area (Å²) in [5.74, 6) is -1.24. The second kappa shape index (κ2) is 7.42. The van der Waals surface area contributed by atoms with Gasteiger partial charge in [-0.3, -0.25) is 14.9 Å². The Morgan fingerprint density at radius 3 is 2.78 bits per heavy atom. The van der Waals surface area contributed by atoms with E-state index in [4.69, 9.17) is 16.3 Å². The monoisotopic (exact) mass is 388 g/mol. The van der Waals surface area contributed by atoms with E-state index in [1.54, 1.807) is 19.2 Å². The van der Waals surface area contributed by atoms with Crippen LogP contribution in [0.3, 0.4) is 0 Å². The minimum absolute atomic E-state index is 0.175. The number of ether oxygens (including phenoxy) is 1. The molecule has 1 aromatic carbocycles. The molecule has 0 aliphatic rings. The lowest BCUT2D eigenvalue weighted by molar-refractivity contribution is -0.385. The molecule has 1 amide bonds. The van der Waals surface area contributed by atoms with E-state index in [-0.39, 0.29) is 28.4 Å². The number of halogens is 1. The molecule has 0 radical (unpaired) electrons. The molecule has 9 nitrogen and oxygen atoms in total. The van der Waals surface area contributed by atoms with Crippen LogP contribution in [0, 0.1) is 10.1 Å². The maximum absolute atomic E-state index is 12.5. The highest BCUT2D eigenvalue weighted by atomic mass is 35.5. The number of nitro groups is 1. The number of rotatable bonds is 5. The average molecular weight is 389 g/mol. The van der Waals surface area contributed by atoms with E-state index in [1.165, 1.54) is 28.9 Å². The number of nitrogens with zero attached hydrogens (tertiary/aromatic N) is 3. The van der Waals surface area contributed by atoms with Crippen molar-refractivity contribution in [3.8, 4) is 0 Å². The highest BCUT2D eigenvalue weighted by molar-refractivity contribution is 6.31. The standard InChI is InChI=1S/C17H13ClN4O5/c1-2-27-17(24)13-9-19-21-6-5-11(8-15(13)21)20-16(23)12-7-10(18)3-4-14(12)22(25)26/h3-9H,2H2,1H3,(H,20,23). The molecule has 0 saturated carbocycles. The molecular formula is C17H13ClN4O5. The molecule has 3 rings (SSSR count). The number of nitrogens with one attached hydrogen (secondary N) is 1. The van der Waals surface area contributed by atoms with Gasteiger partial charge < -0.3 is 10.1 Å². The van der Waals surface area contributed by atoms with Crippen LogP contribution in [0.25, 0.3) is 5.52 Å². The number of hydrogen-bond acceptors (Lipinski definition) is 6. The van der Waals surface area contributed by atoms with Crippen molar-refractivity contribution in [1.82, 2.24) is 9.61 Å². The van der Waals surface area contributed by atoms with Gasteiger partial charge in [0.1, 0.15) is 11.1 Å². The van der Waals surface area contributed by atoms with Crippen molar-refractivity contribution in [2.75, 3.05) is 11.9 Å². The first kappa shape index (κ1) is 18.3. The smallest absolute Gasteiger partial charge is 0.341 e. The molecule has 0 aliphatic heterocycles. The number of carbonyl (C=O) groups is 2. The maximum atomic E-state index is 12.5. The van der Waals surface area contributed by atoms with Gasteiger partial charge in [0.15, 0.2) is 0 Å². The summed E-state index contributed by atoms with van der Waals surface area (Å²) in [7, 11) is 0. The molecule has 1 N–H and O–H groups in total. The molecule has 138 valence electrons. The van der Waals surface area contributed by atoms with Gasteiger partial charge in [-0.15, -0.1) is 0 Å². The topological polar surface area (TPSA) is 116 Å². The van der Waals surface area contributed by atoms with E-state index in [0.29, 0.717) is 11.2 Å². The number of nitro benzene ring substituents is 1. The first-order valence-corrected chi connectivity index (χ1v) is 8.18. The van der Waals surface area contributed by atoms with Crippen molar-refractivity contribution >= 4 is 40.4 Å². The Labute approximate surface area is 157 Å². The lowest BCUT2D eigenvalue weighted by atomic mass is 10.1. The van der Waals surface area contributed by atoms with E-state index < -0.39 is 16.8 Å². The quantitative estimate of drug-likeness (QED) is 0.407. The van der Waals surface area contributed by atoms with Crippen LogP contribution in [-0.4, -0.2) is 33.0 Å². The van der Waals surface area contributed by atoms with Crippen molar-refractivity contribution < 1.29 is 19.2 Å². The molecule has 0 fully saturated rings. The third-order valence-electron chi connectivity index (χ3n) is 3.67. The van der Waals surface area contributed by atoms with Crippen LogP contribution in [0.4, 0.5) is 11.4 Å². The van der Waals surface area contributed by atoms with Crippen LogP contribution in [0.2, 0.25) is 5.02 Å². The summed E-state index contributed by atoms with van der Waals surface area (Å²) in [6.07, 6.45) is 2.90. The van der Waals surface area contributed by atoms with E-state index in [2.05, 4.69) is 10.4 Å². The Kier molecular flexibility index (Phi) is 5.04. The number of fused-ring (bicyclic) bond motifs is 1. The summed E-state index contributed by atoms with van der Waals surface area (Å²) in [5.41, 5.74) is 0.447. The van der Waals surface area contributed by atoms with Gasteiger partial charge in [0.2, 0.25) is 0 Å². The fourth-order valence-electron chi connectivity index (χ4n) is 2.47. The van der Waals surface area contributed by atoms with E-state index in [1.807, 2.05) is 0 Å². The highest BCUT2D eigenvalue weighted by Gasteiger charge is 2.21. The normalized spacial score (nSPS) is 10.6. The third-order valence-corrected chi connectivity index (χ3v) is 3.91. The molecule has 2 heterocycles. The second-order valence-electron chi connectivity index (χ2n) is 5.40. The lowest BCUT2D eigenvalue weighted by Gasteiger charge is -2.07. The number of esters is 1. The molecule has 3 aromatic rings. The van der Waals surface area contributed by atoms with Crippen molar-refractivity contribution in [2.45, 2.75) is 6.92 Å². The summed E-state index contributed by atoms with van der Waals surface area (Å²) in [4.78, 5) is 34.9. The van der Waals surface area contributed by atoms with Gasteiger partial charge in [-0.25, -0.2) is 9.31 Å². The van der Waals surface area contributed by atoms with E-state index in [9.17, 15) is 19.7 Å². The predicted molar refractivity (Wildman–Crippen MR) is 97.2 cm³/mol. The Morgan fingerprint density at radius 2 is 2.07 bits per heavy atom. The zero-order chi connectivity index (χ0) is 19.6. The number of aromatic nitrogens is 2. The number of amides is 1. The Bertz CT molecular complexity index is 1060. The summed E-state index contributed by atoms with van der Waals surface area (Å²) >= 11 is 5.85. The fourth-order valence-corrected chi connectivity index (χ4v) is 2.64. The van der Waals surface area contributed by atoms with Gasteiger partial charge in [-0.05, 0) is 31.2 Å². The van der Waals surface area contributed by atoms with Crippen LogP contribution in [0.5, 0.6) is 0 Å². The Morgan fingerprint density at radius 1 is 1.30 bits per heavy atom. The Hall–Kier alpha value is -3.46. The third kappa shape index (κ3) is 3.72. The molecule has 10 heteroatoms. The van der Waals surface area contributed by atoms with Gasteiger partial charge in [0.05, 0.1) is 23.2 Å². The fraction of sp³-hybridized carbons (Fsp3) is 0.118. The summed E-state index contributed by atoms with van der Waals surface area (Å²) in [6, 6.07) is 6.78. The SMILES string of the molecule is CCOC(=O)c1cnn2ccc(NC(=O)c3cc(Cl)ccc3[N+](=O)[O-])cc12. The second-order valence-corrected chi connectivity index (χ2v) is 5.83. The first-order valence-electron chi connectivity index (χ1n) is 7.80. The molecule has 0 unspecified atom stereocenters. The number of anilines is 1. The van der Waals surface area contributed by atoms with Crippen LogP contribution < -0.4 is 5.32 Å². The number of carbonyl (C=O) groups excluding carboxylic acids is 2. The predicted octanol–water partition coefficient (Wildman–Crippen LogP) is 3.32. The molecular weight excluding hydrogens is 376 g/mol. The molecule has 0 atom stereocenters. The zero-order valence-electron chi connectivity index (χ0n) is 14.0. The molecule has 27 heavy (non-hydrogen) atoms. The van der Waals surface area contributed by atoms with Crippen molar-refractivity contribution in [3.05, 3.63) is 69.0 Å². The average Bonchev–Trinajstić information content (AvgIpc) is 3.04. The first-order chi connectivity index (χ1) is 12.9. The van der Waals surface area contributed by atoms with Gasteiger partial charge in [-0.1, -0.05) is 11.6 Å². The largest absolute Gasteiger partial charge is 0.462 e. The summed E-state index contributed by atoms with van der Waals surface area (Å²) in [5, 5.41) is 17.9. The van der Waals surface area contributed by atoms with Crippen LogP contribution in [-0.2, 0) is 4.74 Å². The van der Waals surface area contributed by atoms with Gasteiger partial charge in [0.25, 0.3) is 11.6 Å². The summed E-state index contributed by atoms with van der Waals surface area (Å²) < 4.78 is 6.42. The highest BCUT2D eigenvalue weighted by Crippen LogP contribution is 2.24.